The van der Waals surface area contributed by atoms with Crippen LogP contribution in [-0.2, 0) is 26.4 Å². The van der Waals surface area contributed by atoms with Gasteiger partial charge in [0.2, 0.25) is 0 Å². The first-order chi connectivity index (χ1) is 26.2. The summed E-state index contributed by atoms with van der Waals surface area (Å²) in [5, 5.41) is 9.77. The number of hydrogen-bond donors (Lipinski definition) is 0. The predicted octanol–water partition coefficient (Wildman–Crippen LogP) is 13.4. The number of nitrogens with zero attached hydrogens (tertiary/aromatic N) is 1. The lowest BCUT2D eigenvalue weighted by molar-refractivity contribution is -0.0968. The van der Waals surface area contributed by atoms with Crippen molar-refractivity contribution in [3.05, 3.63) is 142 Å². The first-order valence-corrected chi connectivity index (χ1v) is 20.7. The number of ether oxygens (including phenoxy) is 3. The van der Waals surface area contributed by atoms with E-state index >= 15 is 0 Å². The van der Waals surface area contributed by atoms with Gasteiger partial charge in [-0.1, -0.05) is 212 Å². The van der Waals surface area contributed by atoms with Gasteiger partial charge in [-0.2, -0.15) is 5.26 Å². The van der Waals surface area contributed by atoms with Crippen molar-refractivity contribution in [1.29, 1.82) is 5.26 Å². The summed E-state index contributed by atoms with van der Waals surface area (Å²) in [7, 11) is 0. The van der Waals surface area contributed by atoms with Crippen LogP contribution in [-0.4, -0.2) is 25.9 Å². The van der Waals surface area contributed by atoms with Crippen LogP contribution in [0.5, 0.6) is 0 Å². The van der Waals surface area contributed by atoms with E-state index in [0.29, 0.717) is 37.0 Å². The highest BCUT2D eigenvalue weighted by Gasteiger charge is 2.38. The SMILES string of the molecule is CCCCCCCCCCCCCCCCCCOC[C@H](COC(c1ccccc1)(c1ccccc1)c1ccccc1)OCc1ccc(C#N)c(Cl)c1. The van der Waals surface area contributed by atoms with Crippen LogP contribution < -0.4 is 0 Å². The van der Waals surface area contributed by atoms with Crippen LogP contribution in [0.4, 0.5) is 0 Å². The number of rotatable bonds is 28. The second kappa shape index (κ2) is 25.5. The minimum atomic E-state index is -0.850. The van der Waals surface area contributed by atoms with Crippen LogP contribution in [0.1, 0.15) is 137 Å². The second-order valence-electron chi connectivity index (χ2n) is 14.3. The van der Waals surface area contributed by atoms with E-state index in [9.17, 15) is 5.26 Å². The third kappa shape index (κ3) is 14.7. The standard InChI is InChI=1S/C48H62ClNO3/c1-2-3-4-5-6-7-8-9-10-11-12-13-14-15-16-26-35-51-39-46(52-38-41-33-34-42(37-50)47(49)36-41)40-53-48(43-27-20-17-21-28-43,44-29-22-18-23-30-44)45-31-24-19-25-32-45/h17-25,27-34,36,46H,2-16,26,35,38-40H2,1H3/t46-/m1/s1. The highest BCUT2D eigenvalue weighted by atomic mass is 35.5. The highest BCUT2D eigenvalue weighted by Crippen LogP contribution is 2.40. The first-order valence-electron chi connectivity index (χ1n) is 20.4. The Labute approximate surface area is 325 Å². The van der Waals surface area contributed by atoms with Gasteiger partial charge in [0.05, 0.1) is 30.4 Å². The van der Waals surface area contributed by atoms with Crippen LogP contribution in [0.15, 0.2) is 109 Å². The van der Waals surface area contributed by atoms with E-state index in [0.717, 1.165) is 28.7 Å². The quantitative estimate of drug-likeness (QED) is 0.0430. The number of nitriles is 1. The normalized spacial score (nSPS) is 12.1. The molecule has 5 heteroatoms. The third-order valence-electron chi connectivity index (χ3n) is 10.1. The van der Waals surface area contributed by atoms with E-state index in [-0.39, 0.29) is 6.10 Å². The van der Waals surface area contributed by atoms with E-state index in [1.807, 2.05) is 24.3 Å². The van der Waals surface area contributed by atoms with Gasteiger partial charge in [-0.25, -0.2) is 0 Å². The average molecular weight is 736 g/mol. The van der Waals surface area contributed by atoms with Gasteiger partial charge in [-0.05, 0) is 40.8 Å². The fraction of sp³-hybridized carbons (Fsp3) is 0.479. The van der Waals surface area contributed by atoms with Crippen molar-refractivity contribution < 1.29 is 14.2 Å². The number of benzene rings is 4. The van der Waals surface area contributed by atoms with Crippen LogP contribution in [0, 0.1) is 11.3 Å². The van der Waals surface area contributed by atoms with E-state index in [4.69, 9.17) is 25.8 Å². The van der Waals surface area contributed by atoms with E-state index in [2.05, 4.69) is 85.8 Å². The molecule has 0 aliphatic heterocycles. The lowest BCUT2D eigenvalue weighted by Gasteiger charge is -2.37. The Morgan fingerprint density at radius 2 is 1.04 bits per heavy atom. The van der Waals surface area contributed by atoms with Gasteiger partial charge in [0.1, 0.15) is 17.8 Å². The maximum atomic E-state index is 9.34. The molecule has 4 aromatic carbocycles. The molecule has 0 radical (unpaired) electrons. The van der Waals surface area contributed by atoms with Crippen LogP contribution in [0.25, 0.3) is 0 Å². The van der Waals surface area contributed by atoms with Gasteiger partial charge in [0.25, 0.3) is 0 Å². The van der Waals surface area contributed by atoms with E-state index in [1.165, 1.54) is 96.3 Å². The van der Waals surface area contributed by atoms with Gasteiger partial charge >= 0.3 is 0 Å². The molecule has 0 saturated carbocycles. The van der Waals surface area contributed by atoms with E-state index in [1.54, 1.807) is 12.1 Å². The van der Waals surface area contributed by atoms with Crippen LogP contribution in [0.2, 0.25) is 5.02 Å². The Hall–Kier alpha value is -3.46. The summed E-state index contributed by atoms with van der Waals surface area (Å²) < 4.78 is 19.9. The number of hydrogen-bond acceptors (Lipinski definition) is 4. The summed E-state index contributed by atoms with van der Waals surface area (Å²) >= 11 is 6.36. The third-order valence-corrected chi connectivity index (χ3v) is 10.4. The minimum absolute atomic E-state index is 0.307. The molecule has 0 spiro atoms. The van der Waals surface area contributed by atoms with Crippen LogP contribution >= 0.6 is 11.6 Å². The topological polar surface area (TPSA) is 51.5 Å². The molecule has 4 nitrogen and oxygen atoms in total. The molecule has 0 bridgehead atoms. The monoisotopic (exact) mass is 735 g/mol. The lowest BCUT2D eigenvalue weighted by atomic mass is 9.80. The zero-order valence-corrected chi connectivity index (χ0v) is 32.9. The molecular formula is C48H62ClNO3. The van der Waals surface area contributed by atoms with Crippen molar-refractivity contribution >= 4 is 11.6 Å². The molecule has 0 amide bonds. The molecule has 0 heterocycles. The average Bonchev–Trinajstić information content (AvgIpc) is 3.20. The fourth-order valence-corrected chi connectivity index (χ4v) is 7.30. The predicted molar refractivity (Wildman–Crippen MR) is 220 cm³/mol. The Morgan fingerprint density at radius 3 is 1.47 bits per heavy atom. The highest BCUT2D eigenvalue weighted by molar-refractivity contribution is 6.31. The smallest absolute Gasteiger partial charge is 0.143 e. The summed E-state index contributed by atoms with van der Waals surface area (Å²) in [5.74, 6) is 0. The summed E-state index contributed by atoms with van der Waals surface area (Å²) in [6.45, 7) is 4.03. The summed E-state index contributed by atoms with van der Waals surface area (Å²) in [4.78, 5) is 0. The van der Waals surface area contributed by atoms with Gasteiger partial charge < -0.3 is 14.2 Å². The van der Waals surface area contributed by atoms with Crippen molar-refractivity contribution in [3.8, 4) is 6.07 Å². The van der Waals surface area contributed by atoms with Crippen molar-refractivity contribution in [3.63, 3.8) is 0 Å². The van der Waals surface area contributed by atoms with Crippen molar-refractivity contribution in [2.75, 3.05) is 19.8 Å². The maximum Gasteiger partial charge on any atom is 0.143 e. The molecule has 0 aliphatic rings. The van der Waals surface area contributed by atoms with E-state index < -0.39 is 5.60 Å². The first kappa shape index (κ1) is 42.3. The van der Waals surface area contributed by atoms with Gasteiger partial charge in [0, 0.05) is 6.61 Å². The summed E-state index contributed by atoms with van der Waals surface area (Å²) in [5.41, 5.74) is 3.64. The number of unbranched alkanes of at least 4 members (excludes halogenated alkanes) is 15. The van der Waals surface area contributed by atoms with Gasteiger partial charge in [0.15, 0.2) is 0 Å². The maximum absolute atomic E-state index is 9.34. The molecule has 284 valence electrons. The van der Waals surface area contributed by atoms with Gasteiger partial charge in [-0.3, -0.25) is 0 Å². The second-order valence-corrected chi connectivity index (χ2v) is 14.7. The summed E-state index contributed by atoms with van der Waals surface area (Å²) in [6, 6.07) is 38.8. The summed E-state index contributed by atoms with van der Waals surface area (Å²) in [6.07, 6.45) is 21.2. The fourth-order valence-electron chi connectivity index (χ4n) is 7.05. The van der Waals surface area contributed by atoms with Crippen molar-refractivity contribution in [1.82, 2.24) is 0 Å². The number of halogens is 1. The molecule has 4 aromatic rings. The Kier molecular flexibility index (Phi) is 20.4. The van der Waals surface area contributed by atoms with Crippen LogP contribution in [0.3, 0.4) is 0 Å². The zero-order chi connectivity index (χ0) is 37.2. The zero-order valence-electron chi connectivity index (χ0n) is 32.2. The Bertz CT molecular complexity index is 1460. The largest absolute Gasteiger partial charge is 0.379 e. The molecule has 0 aromatic heterocycles. The molecule has 0 N–H and O–H groups in total. The molecule has 0 saturated heterocycles. The molecule has 0 aliphatic carbocycles. The molecule has 4 rings (SSSR count). The molecule has 1 atom stereocenters. The lowest BCUT2D eigenvalue weighted by Crippen LogP contribution is -2.37. The van der Waals surface area contributed by atoms with Gasteiger partial charge in [-0.15, -0.1) is 0 Å². The van der Waals surface area contributed by atoms with Crippen molar-refractivity contribution in [2.45, 2.75) is 128 Å². The molecular weight excluding hydrogens is 674 g/mol. The Balaban J connectivity index is 1.29. The molecule has 0 unspecified atom stereocenters. The molecule has 0 fully saturated rings. The minimum Gasteiger partial charge on any atom is -0.379 e. The molecule has 53 heavy (non-hydrogen) atoms. The van der Waals surface area contributed by atoms with Crippen molar-refractivity contribution in [2.24, 2.45) is 0 Å². The Morgan fingerprint density at radius 1 is 0.585 bits per heavy atom.